The van der Waals surface area contributed by atoms with Crippen molar-refractivity contribution < 1.29 is 34.6 Å². The van der Waals surface area contributed by atoms with Gasteiger partial charge in [-0.1, -0.05) is 23.7 Å². The van der Waals surface area contributed by atoms with Crippen LogP contribution in [0.4, 0.5) is 0 Å². The number of halogens is 1. The maximum Gasteiger partial charge on any atom is 0.130 e. The normalized spacial score (nSPS) is 29.5. The van der Waals surface area contributed by atoms with E-state index in [0.29, 0.717) is 35.8 Å². The molecule has 0 amide bonds. The number of rotatable bonds is 6. The molecule has 0 saturated carbocycles. The van der Waals surface area contributed by atoms with Crippen molar-refractivity contribution in [1.29, 1.82) is 0 Å². The molecule has 2 unspecified atom stereocenters. The fourth-order valence-corrected chi connectivity index (χ4v) is 4.71. The van der Waals surface area contributed by atoms with Gasteiger partial charge < -0.3 is 34.6 Å². The molecule has 2 aliphatic rings. The van der Waals surface area contributed by atoms with Crippen molar-refractivity contribution in [1.82, 2.24) is 0 Å². The summed E-state index contributed by atoms with van der Waals surface area (Å²) >= 11 is 6.77. The fourth-order valence-electron chi connectivity index (χ4n) is 4.42. The van der Waals surface area contributed by atoms with Gasteiger partial charge in [0, 0.05) is 17.5 Å². The molecule has 2 aromatic carbocycles. The Balaban J connectivity index is 1.72. The van der Waals surface area contributed by atoms with E-state index in [1.807, 2.05) is 44.2 Å². The number of benzene rings is 2. The van der Waals surface area contributed by atoms with Crippen LogP contribution in [0.15, 0.2) is 30.3 Å². The third-order valence-corrected chi connectivity index (χ3v) is 6.52. The first-order valence-electron chi connectivity index (χ1n) is 10.9. The zero-order valence-electron chi connectivity index (χ0n) is 18.1. The summed E-state index contributed by atoms with van der Waals surface area (Å²) < 4.78 is 17.3. The van der Waals surface area contributed by atoms with Crippen LogP contribution in [-0.4, -0.2) is 64.2 Å². The van der Waals surface area contributed by atoms with E-state index in [1.165, 1.54) is 0 Å². The summed E-state index contributed by atoms with van der Waals surface area (Å²) in [7, 11) is 0. The summed E-state index contributed by atoms with van der Waals surface area (Å²) in [4.78, 5) is 0. The van der Waals surface area contributed by atoms with Gasteiger partial charge in [0.25, 0.3) is 0 Å². The molecule has 2 aliphatic heterocycles. The molecule has 174 valence electrons. The molecule has 0 bridgehead atoms. The standard InChI is InChI=1S/C24H29ClO7/c1-3-30-15-6-4-13(5-7-15)9-14-10-17(23-16(19(14)25)8-12(2)31-23)24-22(29)21(28)20(27)18(11-26)32-24/h4-7,10,12,18,20-22,24,26-29H,3,8-9,11H2,1-2H3/t12?,18?,20-,21+,22-,24+/m1/s1. The predicted molar refractivity (Wildman–Crippen MR) is 118 cm³/mol. The molecule has 1 fully saturated rings. The highest BCUT2D eigenvalue weighted by Crippen LogP contribution is 2.46. The third kappa shape index (κ3) is 4.33. The Bertz CT molecular complexity index is 946. The van der Waals surface area contributed by atoms with Crippen molar-refractivity contribution in [2.75, 3.05) is 13.2 Å². The topological polar surface area (TPSA) is 109 Å². The first kappa shape index (κ1) is 23.3. The van der Waals surface area contributed by atoms with Crippen LogP contribution in [0, 0.1) is 0 Å². The van der Waals surface area contributed by atoms with Crippen molar-refractivity contribution in [3.8, 4) is 11.5 Å². The molecule has 0 radical (unpaired) electrons. The predicted octanol–water partition coefficient (Wildman–Crippen LogP) is 2.17. The van der Waals surface area contributed by atoms with Crippen LogP contribution in [0.5, 0.6) is 11.5 Å². The van der Waals surface area contributed by atoms with Crippen LogP contribution in [0.3, 0.4) is 0 Å². The summed E-state index contributed by atoms with van der Waals surface area (Å²) in [6.07, 6.45) is -5.23. The van der Waals surface area contributed by atoms with E-state index in [-0.39, 0.29) is 6.10 Å². The van der Waals surface area contributed by atoms with E-state index in [4.69, 9.17) is 25.8 Å². The summed E-state index contributed by atoms with van der Waals surface area (Å²) in [5, 5.41) is 41.3. The molecule has 2 aromatic rings. The number of fused-ring (bicyclic) bond motifs is 1. The minimum Gasteiger partial charge on any atom is -0.494 e. The van der Waals surface area contributed by atoms with Crippen molar-refractivity contribution in [2.24, 2.45) is 0 Å². The van der Waals surface area contributed by atoms with Gasteiger partial charge in [-0.2, -0.15) is 0 Å². The van der Waals surface area contributed by atoms with E-state index in [2.05, 4.69) is 0 Å². The van der Waals surface area contributed by atoms with Crippen LogP contribution < -0.4 is 9.47 Å². The maximum absolute atomic E-state index is 10.7. The third-order valence-electron chi connectivity index (χ3n) is 6.05. The van der Waals surface area contributed by atoms with E-state index < -0.39 is 37.1 Å². The lowest BCUT2D eigenvalue weighted by Gasteiger charge is -2.40. The van der Waals surface area contributed by atoms with Crippen LogP contribution >= 0.6 is 11.6 Å². The first-order valence-corrected chi connectivity index (χ1v) is 11.2. The zero-order valence-corrected chi connectivity index (χ0v) is 18.8. The van der Waals surface area contributed by atoms with Crippen molar-refractivity contribution in [2.45, 2.75) is 63.3 Å². The van der Waals surface area contributed by atoms with Crippen molar-refractivity contribution >= 4 is 11.6 Å². The molecule has 6 atom stereocenters. The van der Waals surface area contributed by atoms with Crippen LogP contribution in [0.2, 0.25) is 5.02 Å². The SMILES string of the molecule is CCOc1ccc(Cc2cc([C@@H]3OC(CO)[C@@H](O)[C@H](O)[C@H]3O)c3c(c2Cl)CC(C)O3)cc1. The quantitative estimate of drug-likeness (QED) is 0.518. The summed E-state index contributed by atoms with van der Waals surface area (Å²) in [6.45, 7) is 3.96. The van der Waals surface area contributed by atoms with Gasteiger partial charge in [-0.3, -0.25) is 0 Å². The maximum atomic E-state index is 10.7. The zero-order chi connectivity index (χ0) is 23.0. The lowest BCUT2D eigenvalue weighted by atomic mass is 9.88. The number of hydrogen-bond acceptors (Lipinski definition) is 7. The molecule has 7 nitrogen and oxygen atoms in total. The molecular weight excluding hydrogens is 436 g/mol. The Kier molecular flexibility index (Phi) is 6.95. The summed E-state index contributed by atoms with van der Waals surface area (Å²) in [5.41, 5.74) is 3.24. The van der Waals surface area contributed by atoms with Crippen LogP contribution in [0.25, 0.3) is 0 Å². The van der Waals surface area contributed by atoms with E-state index >= 15 is 0 Å². The lowest BCUT2D eigenvalue weighted by molar-refractivity contribution is -0.232. The smallest absolute Gasteiger partial charge is 0.130 e. The average molecular weight is 465 g/mol. The van der Waals surface area contributed by atoms with Gasteiger partial charge in [-0.05, 0) is 49.6 Å². The highest BCUT2D eigenvalue weighted by atomic mass is 35.5. The number of hydrogen-bond donors (Lipinski definition) is 4. The van der Waals surface area contributed by atoms with Crippen molar-refractivity contribution in [3.63, 3.8) is 0 Å². The van der Waals surface area contributed by atoms with Gasteiger partial charge in [0.2, 0.25) is 0 Å². The van der Waals surface area contributed by atoms with Gasteiger partial charge in [0.1, 0.15) is 48.1 Å². The summed E-state index contributed by atoms with van der Waals surface area (Å²) in [6, 6.07) is 9.58. The van der Waals surface area contributed by atoms with Gasteiger partial charge in [0.15, 0.2) is 0 Å². The molecular formula is C24H29ClO7. The Morgan fingerprint density at radius 2 is 1.81 bits per heavy atom. The number of ether oxygens (including phenoxy) is 3. The van der Waals surface area contributed by atoms with Gasteiger partial charge in [0.05, 0.1) is 18.2 Å². The average Bonchev–Trinajstić information content (AvgIpc) is 3.18. The molecule has 0 aliphatic carbocycles. The Hall–Kier alpha value is -1.87. The number of aliphatic hydroxyl groups excluding tert-OH is 4. The lowest BCUT2D eigenvalue weighted by Crippen LogP contribution is -2.55. The Labute approximate surface area is 192 Å². The van der Waals surface area contributed by atoms with Gasteiger partial charge >= 0.3 is 0 Å². The van der Waals surface area contributed by atoms with Crippen LogP contribution in [-0.2, 0) is 17.6 Å². The van der Waals surface area contributed by atoms with Crippen molar-refractivity contribution in [3.05, 3.63) is 57.6 Å². The molecule has 2 heterocycles. The highest BCUT2D eigenvalue weighted by Gasteiger charge is 2.46. The molecule has 1 saturated heterocycles. The van der Waals surface area contributed by atoms with E-state index in [0.717, 1.165) is 22.4 Å². The molecule has 8 heteroatoms. The second-order valence-electron chi connectivity index (χ2n) is 8.38. The largest absolute Gasteiger partial charge is 0.494 e. The molecule has 0 spiro atoms. The Morgan fingerprint density at radius 3 is 2.47 bits per heavy atom. The second-order valence-corrected chi connectivity index (χ2v) is 8.76. The monoisotopic (exact) mass is 464 g/mol. The van der Waals surface area contributed by atoms with Gasteiger partial charge in [-0.15, -0.1) is 0 Å². The van der Waals surface area contributed by atoms with E-state index in [9.17, 15) is 20.4 Å². The van der Waals surface area contributed by atoms with Gasteiger partial charge in [-0.25, -0.2) is 0 Å². The number of aliphatic hydroxyl groups is 4. The van der Waals surface area contributed by atoms with Crippen LogP contribution in [0.1, 0.15) is 42.2 Å². The first-order chi connectivity index (χ1) is 15.3. The molecule has 4 rings (SSSR count). The molecule has 4 N–H and O–H groups in total. The second kappa shape index (κ2) is 9.55. The fraction of sp³-hybridized carbons (Fsp3) is 0.500. The Morgan fingerprint density at radius 1 is 1.09 bits per heavy atom. The minimum absolute atomic E-state index is 0.105. The van der Waals surface area contributed by atoms with E-state index in [1.54, 1.807) is 0 Å². The molecule has 32 heavy (non-hydrogen) atoms. The summed E-state index contributed by atoms with van der Waals surface area (Å²) in [5.74, 6) is 1.32. The minimum atomic E-state index is -1.47. The highest BCUT2D eigenvalue weighted by molar-refractivity contribution is 6.32. The molecule has 0 aromatic heterocycles.